The lowest BCUT2D eigenvalue weighted by molar-refractivity contribution is -0.137. The van der Waals surface area contributed by atoms with Crippen molar-refractivity contribution in [1.82, 2.24) is 9.88 Å². The van der Waals surface area contributed by atoms with E-state index in [1.807, 2.05) is 0 Å². The molecule has 1 aliphatic heterocycles. The minimum atomic E-state index is -4.59. The maximum atomic E-state index is 13.7. The molecule has 3 aromatic rings. The summed E-state index contributed by atoms with van der Waals surface area (Å²) < 4.78 is 60.1. The third-order valence-electron chi connectivity index (χ3n) is 5.71. The number of hydrogen-bond donors (Lipinski definition) is 2. The summed E-state index contributed by atoms with van der Waals surface area (Å²) in [5.41, 5.74) is -1.15. The Hall–Kier alpha value is -3.56. The summed E-state index contributed by atoms with van der Waals surface area (Å²) in [7, 11) is 1.61. The molecule has 0 spiro atoms. The number of rotatable bonds is 3. The van der Waals surface area contributed by atoms with Gasteiger partial charge in [0.2, 0.25) is 0 Å². The number of aromatic nitrogens is 1. The quantitative estimate of drug-likeness (QED) is 0.541. The van der Waals surface area contributed by atoms with Gasteiger partial charge in [0.1, 0.15) is 18.0 Å². The maximum Gasteiger partial charge on any atom is 0.416 e. The first-order valence-electron chi connectivity index (χ1n) is 10.1. The first kappa shape index (κ1) is 22.6. The molecule has 1 aromatic heterocycles. The van der Waals surface area contributed by atoms with Crippen LogP contribution in [-0.4, -0.2) is 22.9 Å². The van der Waals surface area contributed by atoms with Gasteiger partial charge in [-0.2, -0.15) is 13.2 Å². The zero-order valence-electron chi connectivity index (χ0n) is 17.8. The number of nitrogens with one attached hydrogen (secondary N) is 2. The predicted molar refractivity (Wildman–Crippen MR) is 115 cm³/mol. The van der Waals surface area contributed by atoms with Gasteiger partial charge in [0.05, 0.1) is 22.8 Å². The lowest BCUT2D eigenvalue weighted by atomic mass is 9.88. The normalized spacial score (nSPS) is 20.1. The largest absolute Gasteiger partial charge is 0.484 e. The number of pyridine rings is 1. The summed E-state index contributed by atoms with van der Waals surface area (Å²) in [6, 6.07) is 9.59. The molecular formula is C23H21F4N3O3. The molecule has 10 heteroatoms. The van der Waals surface area contributed by atoms with E-state index in [4.69, 9.17) is 4.74 Å². The molecule has 174 valence electrons. The molecule has 0 unspecified atom stereocenters. The number of benzene rings is 2. The summed E-state index contributed by atoms with van der Waals surface area (Å²) in [6.45, 7) is 0.494. The standard InChI is InChI=1S/C23H21F4N3O3/c1-22(12-24)11-17(15-7-6-13(23(25,26)27)10-19(15)33-22)29-21(32)28-16-4-3-5-18-14(16)8-9-20(31)30(18)2/h3-10,17H,11-12H2,1-2H3,(H2,28,29,32)/t17-,22+/m1/s1. The summed E-state index contributed by atoms with van der Waals surface area (Å²) in [4.78, 5) is 24.7. The van der Waals surface area contributed by atoms with Crippen molar-refractivity contribution in [3.63, 3.8) is 0 Å². The molecule has 2 amide bonds. The fourth-order valence-electron chi connectivity index (χ4n) is 3.98. The van der Waals surface area contributed by atoms with Crippen LogP contribution < -0.4 is 20.9 Å². The average Bonchev–Trinajstić information content (AvgIpc) is 2.75. The Labute approximate surface area is 186 Å². The number of ether oxygens (including phenoxy) is 1. The van der Waals surface area contributed by atoms with Crippen LogP contribution in [0.1, 0.15) is 30.5 Å². The van der Waals surface area contributed by atoms with E-state index >= 15 is 0 Å². The van der Waals surface area contributed by atoms with Crippen LogP contribution in [0, 0.1) is 0 Å². The molecule has 1 aliphatic rings. The van der Waals surface area contributed by atoms with Crippen LogP contribution in [0.25, 0.3) is 10.9 Å². The number of halogens is 4. The van der Waals surface area contributed by atoms with Crippen LogP contribution in [0.5, 0.6) is 5.75 Å². The second-order valence-corrected chi connectivity index (χ2v) is 8.26. The summed E-state index contributed by atoms with van der Waals surface area (Å²) >= 11 is 0. The van der Waals surface area contributed by atoms with Crippen molar-refractivity contribution in [2.45, 2.75) is 31.2 Å². The number of carbonyl (C=O) groups excluding carboxylic acids is 1. The molecule has 0 radical (unpaired) electrons. The van der Waals surface area contributed by atoms with Gasteiger partial charge in [-0.1, -0.05) is 12.1 Å². The molecule has 0 aliphatic carbocycles. The first-order chi connectivity index (χ1) is 15.5. The van der Waals surface area contributed by atoms with Crippen molar-refractivity contribution in [1.29, 1.82) is 0 Å². The number of alkyl halides is 4. The molecule has 33 heavy (non-hydrogen) atoms. The Morgan fingerprint density at radius 1 is 1.21 bits per heavy atom. The number of hydrogen-bond acceptors (Lipinski definition) is 3. The van der Waals surface area contributed by atoms with E-state index < -0.39 is 36.1 Å². The number of fused-ring (bicyclic) bond motifs is 2. The monoisotopic (exact) mass is 463 g/mol. The Morgan fingerprint density at radius 3 is 2.67 bits per heavy atom. The highest BCUT2D eigenvalue weighted by molar-refractivity contribution is 6.00. The number of amides is 2. The van der Waals surface area contributed by atoms with Gasteiger partial charge in [0.15, 0.2) is 0 Å². The fraction of sp³-hybridized carbons (Fsp3) is 0.304. The van der Waals surface area contributed by atoms with Gasteiger partial charge in [-0.15, -0.1) is 0 Å². The van der Waals surface area contributed by atoms with Crippen LogP contribution >= 0.6 is 0 Å². The van der Waals surface area contributed by atoms with Crippen LogP contribution in [0.15, 0.2) is 53.3 Å². The molecule has 2 heterocycles. The van der Waals surface area contributed by atoms with Gasteiger partial charge in [-0.3, -0.25) is 4.79 Å². The van der Waals surface area contributed by atoms with Crippen LogP contribution in [0.4, 0.5) is 28.0 Å². The van der Waals surface area contributed by atoms with E-state index in [2.05, 4.69) is 10.6 Å². The molecule has 0 bridgehead atoms. The number of urea groups is 1. The topological polar surface area (TPSA) is 72.4 Å². The van der Waals surface area contributed by atoms with Gasteiger partial charge < -0.3 is 19.9 Å². The summed E-state index contributed by atoms with van der Waals surface area (Å²) in [6.07, 6.45) is -4.56. The van der Waals surface area contributed by atoms with Gasteiger partial charge >= 0.3 is 12.2 Å². The van der Waals surface area contributed by atoms with Crippen LogP contribution in [0.2, 0.25) is 0 Å². The van der Waals surface area contributed by atoms with E-state index in [-0.39, 0.29) is 17.7 Å². The minimum absolute atomic E-state index is 0.0271. The minimum Gasteiger partial charge on any atom is -0.484 e. The Kier molecular flexibility index (Phi) is 5.55. The second-order valence-electron chi connectivity index (χ2n) is 8.26. The number of anilines is 1. The molecule has 2 atom stereocenters. The predicted octanol–water partition coefficient (Wildman–Crippen LogP) is 4.93. The zero-order chi connectivity index (χ0) is 24.0. The van der Waals surface area contributed by atoms with E-state index in [9.17, 15) is 27.2 Å². The van der Waals surface area contributed by atoms with Crippen molar-refractivity contribution < 1.29 is 27.1 Å². The van der Waals surface area contributed by atoms with E-state index in [1.165, 1.54) is 23.6 Å². The molecular weight excluding hydrogens is 442 g/mol. The lowest BCUT2D eigenvalue weighted by Gasteiger charge is -2.38. The molecule has 4 rings (SSSR count). The molecule has 0 saturated heterocycles. The van der Waals surface area contributed by atoms with E-state index in [1.54, 1.807) is 31.3 Å². The lowest BCUT2D eigenvalue weighted by Crippen LogP contribution is -2.45. The van der Waals surface area contributed by atoms with Crippen molar-refractivity contribution >= 4 is 22.6 Å². The van der Waals surface area contributed by atoms with Crippen molar-refractivity contribution in [3.05, 3.63) is 70.0 Å². The van der Waals surface area contributed by atoms with E-state index in [0.717, 1.165) is 12.1 Å². The highest BCUT2D eigenvalue weighted by atomic mass is 19.4. The molecule has 2 N–H and O–H groups in total. The Bertz CT molecular complexity index is 1290. The molecule has 2 aromatic carbocycles. The molecule has 6 nitrogen and oxygen atoms in total. The molecule has 0 fully saturated rings. The van der Waals surface area contributed by atoms with Gasteiger partial charge in [-0.25, -0.2) is 9.18 Å². The first-order valence-corrected chi connectivity index (χ1v) is 10.1. The van der Waals surface area contributed by atoms with Gasteiger partial charge in [0.25, 0.3) is 5.56 Å². The van der Waals surface area contributed by atoms with Crippen molar-refractivity contribution in [3.8, 4) is 5.75 Å². The van der Waals surface area contributed by atoms with Crippen LogP contribution in [-0.2, 0) is 13.2 Å². The van der Waals surface area contributed by atoms with Gasteiger partial charge in [-0.05, 0) is 37.3 Å². The SMILES string of the molecule is Cn1c(=O)ccc2c(NC(=O)N[C@@H]3C[C@@](C)(CF)Oc4cc(C(F)(F)F)ccc43)cccc21. The van der Waals surface area contributed by atoms with Crippen molar-refractivity contribution in [2.24, 2.45) is 7.05 Å². The summed E-state index contributed by atoms with van der Waals surface area (Å²) in [5, 5.41) is 6.06. The summed E-state index contributed by atoms with van der Waals surface area (Å²) in [5.74, 6) is -0.123. The highest BCUT2D eigenvalue weighted by Gasteiger charge is 2.40. The number of aryl methyl sites for hydroxylation is 1. The zero-order valence-corrected chi connectivity index (χ0v) is 17.8. The Balaban J connectivity index is 1.63. The molecule has 0 saturated carbocycles. The number of carbonyl (C=O) groups is 1. The smallest absolute Gasteiger partial charge is 0.416 e. The van der Waals surface area contributed by atoms with Crippen LogP contribution in [0.3, 0.4) is 0 Å². The third kappa shape index (κ3) is 4.37. The fourth-order valence-corrected chi connectivity index (χ4v) is 3.98. The Morgan fingerprint density at radius 2 is 1.97 bits per heavy atom. The van der Waals surface area contributed by atoms with Crippen molar-refractivity contribution in [2.75, 3.05) is 12.0 Å². The second kappa shape index (κ2) is 8.09. The van der Waals surface area contributed by atoms with Gasteiger partial charge in [0, 0.05) is 30.5 Å². The maximum absolute atomic E-state index is 13.7. The average molecular weight is 463 g/mol. The highest BCUT2D eigenvalue weighted by Crippen LogP contribution is 2.43. The number of nitrogens with zero attached hydrogens (tertiary/aromatic N) is 1. The third-order valence-corrected chi connectivity index (χ3v) is 5.71. The van der Waals surface area contributed by atoms with E-state index in [0.29, 0.717) is 22.2 Å².